The number of hydrogen-bond donors (Lipinski definition) is 2. The number of dihydropyridines is 1. The maximum Gasteiger partial charge on any atom is 0.337 e. The van der Waals surface area contributed by atoms with Crippen LogP contribution in [0.25, 0.3) is 0 Å². The summed E-state index contributed by atoms with van der Waals surface area (Å²) < 4.78 is 16.2. The first-order valence-corrected chi connectivity index (χ1v) is 12.2. The van der Waals surface area contributed by atoms with Gasteiger partial charge in [-0.05, 0) is 62.6 Å². The number of esters is 2. The first-order chi connectivity index (χ1) is 16.8. The molecule has 8 heteroatoms. The Morgan fingerprint density at radius 2 is 1.83 bits per heavy atom. The molecule has 3 atom stereocenters. The molecule has 0 saturated heterocycles. The van der Waals surface area contributed by atoms with Crippen LogP contribution >= 0.6 is 0 Å². The van der Waals surface area contributed by atoms with Crippen molar-refractivity contribution < 1.29 is 33.7 Å². The smallest absolute Gasteiger partial charge is 0.337 e. The second-order valence-corrected chi connectivity index (χ2v) is 9.63. The largest absolute Gasteiger partial charge is 0.504 e. The summed E-state index contributed by atoms with van der Waals surface area (Å²) in [6, 6.07) is 4.76. The van der Waals surface area contributed by atoms with Crippen molar-refractivity contribution in [3.05, 3.63) is 46.3 Å². The lowest BCUT2D eigenvalue weighted by Crippen LogP contribution is -2.43. The maximum absolute atomic E-state index is 13.8. The molecule has 0 radical (unpaired) electrons. The molecule has 3 aliphatic rings. The molecular formula is C27H33NO7. The standard InChI is InChI=1S/C27H33NO7/c1-14-12-18-24(25(30)21(14)26(31)34-4)23(16-10-11-19(29)20(13-16)33-3)22(15(2)28-18)27(32)35-17-8-6-5-7-9-17/h10-11,13-14,17,21,23,28-29H,5-9,12H2,1-4H3/t14-,21+,23+/m1/s1. The Labute approximate surface area is 205 Å². The highest BCUT2D eigenvalue weighted by Gasteiger charge is 2.47. The number of phenolic OH excluding ortho intramolecular Hbond substituents is 1. The minimum atomic E-state index is -0.962. The first-order valence-electron chi connectivity index (χ1n) is 12.2. The number of benzene rings is 1. The van der Waals surface area contributed by atoms with Gasteiger partial charge in [0.2, 0.25) is 0 Å². The van der Waals surface area contributed by atoms with Crippen LogP contribution in [0, 0.1) is 11.8 Å². The molecule has 1 aliphatic heterocycles. The van der Waals surface area contributed by atoms with E-state index >= 15 is 0 Å². The lowest BCUT2D eigenvalue weighted by Gasteiger charge is -2.38. The number of allylic oxidation sites excluding steroid dienone is 3. The quantitative estimate of drug-likeness (QED) is 0.479. The van der Waals surface area contributed by atoms with Gasteiger partial charge in [-0.1, -0.05) is 19.4 Å². The predicted molar refractivity (Wildman–Crippen MR) is 128 cm³/mol. The first kappa shape index (κ1) is 24.8. The lowest BCUT2D eigenvalue weighted by molar-refractivity contribution is -0.151. The molecule has 2 N–H and O–H groups in total. The molecule has 0 aromatic heterocycles. The molecular weight excluding hydrogens is 450 g/mol. The Bertz CT molecular complexity index is 1100. The summed E-state index contributed by atoms with van der Waals surface area (Å²) in [5.41, 5.74) is 2.57. The zero-order valence-corrected chi connectivity index (χ0v) is 20.7. The maximum atomic E-state index is 13.8. The van der Waals surface area contributed by atoms with Crippen LogP contribution in [0.1, 0.15) is 63.9 Å². The van der Waals surface area contributed by atoms with Gasteiger partial charge >= 0.3 is 11.9 Å². The van der Waals surface area contributed by atoms with Crippen LogP contribution < -0.4 is 10.1 Å². The Morgan fingerprint density at radius 1 is 1.11 bits per heavy atom. The van der Waals surface area contributed by atoms with E-state index in [1.54, 1.807) is 19.1 Å². The molecule has 35 heavy (non-hydrogen) atoms. The van der Waals surface area contributed by atoms with Gasteiger partial charge in [-0.3, -0.25) is 9.59 Å². The Balaban J connectivity index is 1.82. The van der Waals surface area contributed by atoms with E-state index in [-0.39, 0.29) is 29.3 Å². The zero-order valence-electron chi connectivity index (χ0n) is 20.7. The van der Waals surface area contributed by atoms with Gasteiger partial charge in [0.1, 0.15) is 12.0 Å². The minimum absolute atomic E-state index is 0.0533. The number of carbonyl (C=O) groups is 3. The number of hydrogen-bond acceptors (Lipinski definition) is 8. The average Bonchev–Trinajstić information content (AvgIpc) is 2.83. The molecule has 1 fully saturated rings. The van der Waals surface area contributed by atoms with Crippen molar-refractivity contribution >= 4 is 17.7 Å². The van der Waals surface area contributed by atoms with Gasteiger partial charge in [0, 0.05) is 22.9 Å². The summed E-state index contributed by atoms with van der Waals surface area (Å²) in [6.07, 6.45) is 5.08. The summed E-state index contributed by atoms with van der Waals surface area (Å²) in [4.78, 5) is 39.9. The molecule has 1 aromatic rings. The Kier molecular flexibility index (Phi) is 7.19. The number of ketones is 1. The van der Waals surface area contributed by atoms with Crippen LogP contribution in [-0.4, -0.2) is 43.2 Å². The number of rotatable bonds is 5. The molecule has 4 rings (SSSR count). The van der Waals surface area contributed by atoms with E-state index in [4.69, 9.17) is 14.2 Å². The number of methoxy groups -OCH3 is 2. The van der Waals surface area contributed by atoms with Crippen molar-refractivity contribution in [3.63, 3.8) is 0 Å². The summed E-state index contributed by atoms with van der Waals surface area (Å²) in [5, 5.41) is 13.4. The minimum Gasteiger partial charge on any atom is -0.504 e. The summed E-state index contributed by atoms with van der Waals surface area (Å²) in [7, 11) is 2.71. The van der Waals surface area contributed by atoms with Crippen molar-refractivity contribution in [2.24, 2.45) is 11.8 Å². The monoisotopic (exact) mass is 483 g/mol. The van der Waals surface area contributed by atoms with E-state index in [0.29, 0.717) is 34.5 Å². The van der Waals surface area contributed by atoms with Gasteiger partial charge < -0.3 is 24.6 Å². The van der Waals surface area contributed by atoms with Crippen LogP contribution in [0.2, 0.25) is 0 Å². The van der Waals surface area contributed by atoms with Gasteiger partial charge in [0.15, 0.2) is 17.3 Å². The van der Waals surface area contributed by atoms with E-state index in [0.717, 1.165) is 32.1 Å². The van der Waals surface area contributed by atoms with Crippen LogP contribution in [0.3, 0.4) is 0 Å². The van der Waals surface area contributed by atoms with Crippen molar-refractivity contribution in [3.8, 4) is 11.5 Å². The molecule has 8 nitrogen and oxygen atoms in total. The Morgan fingerprint density at radius 3 is 2.49 bits per heavy atom. The third-order valence-corrected chi connectivity index (χ3v) is 7.33. The average molecular weight is 484 g/mol. The van der Waals surface area contributed by atoms with Gasteiger partial charge in [0.05, 0.1) is 19.8 Å². The third kappa shape index (κ3) is 4.66. The molecule has 1 saturated carbocycles. The molecule has 0 unspecified atom stereocenters. The van der Waals surface area contributed by atoms with Crippen molar-refractivity contribution in [2.75, 3.05) is 14.2 Å². The SMILES string of the molecule is COC(=O)[C@@H]1C(=O)C2=C(C[C@H]1C)NC(C)=C(C(=O)OC1CCCCC1)[C@@H]2c1ccc(O)c(OC)c1. The van der Waals surface area contributed by atoms with Crippen LogP contribution in [0.4, 0.5) is 0 Å². The van der Waals surface area contributed by atoms with Crippen molar-refractivity contribution in [1.82, 2.24) is 5.32 Å². The summed E-state index contributed by atoms with van der Waals surface area (Å²) >= 11 is 0. The number of Topliss-reactive ketones (excluding diaryl/α,β-unsaturated/α-hetero) is 1. The number of nitrogens with one attached hydrogen (secondary N) is 1. The molecule has 0 bridgehead atoms. The van der Waals surface area contributed by atoms with E-state index in [1.165, 1.54) is 20.3 Å². The number of phenols is 1. The van der Waals surface area contributed by atoms with Crippen LogP contribution in [0.15, 0.2) is 40.7 Å². The molecule has 0 spiro atoms. The van der Waals surface area contributed by atoms with Gasteiger partial charge in [-0.2, -0.15) is 0 Å². The summed E-state index contributed by atoms with van der Waals surface area (Å²) in [6.45, 7) is 3.64. The zero-order chi connectivity index (χ0) is 25.3. The second-order valence-electron chi connectivity index (χ2n) is 9.63. The van der Waals surface area contributed by atoms with Crippen LogP contribution in [0.5, 0.6) is 11.5 Å². The fourth-order valence-electron chi connectivity index (χ4n) is 5.56. The highest BCUT2D eigenvalue weighted by atomic mass is 16.5. The van der Waals surface area contributed by atoms with Gasteiger partial charge in [-0.15, -0.1) is 0 Å². The normalized spacial score (nSPS) is 25.0. The molecule has 2 aliphatic carbocycles. The summed E-state index contributed by atoms with van der Waals surface area (Å²) in [5.74, 6) is -3.27. The highest BCUT2D eigenvalue weighted by molar-refractivity contribution is 6.12. The van der Waals surface area contributed by atoms with E-state index in [9.17, 15) is 19.5 Å². The number of aromatic hydroxyl groups is 1. The highest BCUT2D eigenvalue weighted by Crippen LogP contribution is 2.47. The topological polar surface area (TPSA) is 111 Å². The van der Waals surface area contributed by atoms with Crippen molar-refractivity contribution in [2.45, 2.75) is 64.4 Å². The Hall–Kier alpha value is -3.29. The fourth-order valence-corrected chi connectivity index (χ4v) is 5.56. The van der Waals surface area contributed by atoms with Crippen molar-refractivity contribution in [1.29, 1.82) is 0 Å². The van der Waals surface area contributed by atoms with E-state index in [1.807, 2.05) is 6.92 Å². The second kappa shape index (κ2) is 10.1. The third-order valence-electron chi connectivity index (χ3n) is 7.33. The number of carbonyl (C=O) groups excluding carboxylic acids is 3. The van der Waals surface area contributed by atoms with Gasteiger partial charge in [0.25, 0.3) is 0 Å². The number of ether oxygens (including phenoxy) is 3. The molecule has 188 valence electrons. The van der Waals surface area contributed by atoms with Crippen LogP contribution in [-0.2, 0) is 23.9 Å². The lowest BCUT2D eigenvalue weighted by atomic mass is 9.69. The van der Waals surface area contributed by atoms with E-state index in [2.05, 4.69) is 5.32 Å². The molecule has 1 aromatic carbocycles. The predicted octanol–water partition coefficient (Wildman–Crippen LogP) is 3.89. The van der Waals surface area contributed by atoms with E-state index < -0.39 is 23.8 Å². The fraction of sp³-hybridized carbons (Fsp3) is 0.519. The van der Waals surface area contributed by atoms with Gasteiger partial charge in [-0.25, -0.2) is 4.79 Å². The molecule has 0 amide bonds. The molecule has 1 heterocycles.